The van der Waals surface area contributed by atoms with Gasteiger partial charge >= 0.3 is 0 Å². The van der Waals surface area contributed by atoms with Gasteiger partial charge < -0.3 is 9.42 Å². The average molecular weight is 326 g/mol. The van der Waals surface area contributed by atoms with Crippen molar-refractivity contribution in [2.75, 3.05) is 32.7 Å². The Hall–Kier alpha value is -1.43. The Labute approximate surface area is 131 Å². The smallest absolute Gasteiger partial charge is 0.248 e. The van der Waals surface area contributed by atoms with Crippen molar-refractivity contribution in [3.63, 3.8) is 0 Å². The lowest BCUT2D eigenvalue weighted by molar-refractivity contribution is 0.185. The summed E-state index contributed by atoms with van der Waals surface area (Å²) in [6.07, 6.45) is 2.46. The van der Waals surface area contributed by atoms with Gasteiger partial charge in [0.25, 0.3) is 0 Å². The van der Waals surface area contributed by atoms with Gasteiger partial charge in [0.15, 0.2) is 5.76 Å². The van der Waals surface area contributed by atoms with E-state index >= 15 is 0 Å². The third-order valence-corrected chi connectivity index (χ3v) is 6.05. The molecule has 0 amide bonds. The highest BCUT2D eigenvalue weighted by Crippen LogP contribution is 2.24. The first-order valence-corrected chi connectivity index (χ1v) is 8.93. The molecule has 0 bridgehead atoms. The first-order valence-electron chi connectivity index (χ1n) is 7.49. The van der Waals surface area contributed by atoms with Crippen molar-refractivity contribution in [3.05, 3.63) is 11.5 Å². The number of nitrogens with zero attached hydrogens (tertiary/aromatic N) is 4. The summed E-state index contributed by atoms with van der Waals surface area (Å²) in [6, 6.07) is 2.14. The van der Waals surface area contributed by atoms with Gasteiger partial charge in [-0.3, -0.25) is 0 Å². The molecule has 122 valence electrons. The second-order valence-electron chi connectivity index (χ2n) is 5.51. The monoisotopic (exact) mass is 326 g/mol. The fourth-order valence-electron chi connectivity index (χ4n) is 2.70. The molecule has 0 saturated carbocycles. The molecule has 1 aromatic heterocycles. The van der Waals surface area contributed by atoms with Gasteiger partial charge in [-0.1, -0.05) is 5.16 Å². The van der Waals surface area contributed by atoms with E-state index in [1.54, 1.807) is 13.8 Å². The molecular weight excluding hydrogens is 304 g/mol. The Morgan fingerprint density at radius 1 is 1.23 bits per heavy atom. The molecule has 0 aliphatic carbocycles. The molecule has 8 heteroatoms. The number of unbranched alkanes of at least 4 members (excludes halogenated alkanes) is 2. The molecule has 0 unspecified atom stereocenters. The number of hydrogen-bond donors (Lipinski definition) is 0. The zero-order valence-electron chi connectivity index (χ0n) is 13.1. The van der Waals surface area contributed by atoms with E-state index in [1.165, 1.54) is 4.31 Å². The van der Waals surface area contributed by atoms with Crippen molar-refractivity contribution in [3.8, 4) is 6.07 Å². The van der Waals surface area contributed by atoms with Gasteiger partial charge in [0.1, 0.15) is 10.6 Å². The highest BCUT2D eigenvalue weighted by molar-refractivity contribution is 7.89. The molecule has 0 N–H and O–H groups in total. The molecule has 1 saturated heterocycles. The van der Waals surface area contributed by atoms with Gasteiger partial charge in [-0.2, -0.15) is 9.57 Å². The molecule has 0 atom stereocenters. The van der Waals surface area contributed by atoms with Crippen LogP contribution in [0.1, 0.15) is 30.7 Å². The normalized spacial score (nSPS) is 17.5. The minimum Gasteiger partial charge on any atom is -0.360 e. The van der Waals surface area contributed by atoms with Crippen molar-refractivity contribution in [1.82, 2.24) is 14.4 Å². The van der Waals surface area contributed by atoms with Crippen LogP contribution in [0, 0.1) is 25.2 Å². The predicted octanol–water partition coefficient (Wildman–Crippen LogP) is 1.29. The Kier molecular flexibility index (Phi) is 5.56. The third kappa shape index (κ3) is 3.66. The minimum absolute atomic E-state index is 0.204. The predicted molar refractivity (Wildman–Crippen MR) is 80.6 cm³/mol. The van der Waals surface area contributed by atoms with Crippen LogP contribution in [0.25, 0.3) is 0 Å². The van der Waals surface area contributed by atoms with Crippen LogP contribution >= 0.6 is 0 Å². The summed E-state index contributed by atoms with van der Waals surface area (Å²) in [6.45, 7) is 6.58. The largest absolute Gasteiger partial charge is 0.360 e. The molecule has 2 rings (SSSR count). The lowest BCUT2D eigenvalue weighted by atomic mass is 10.2. The molecule has 1 aromatic rings. The molecular formula is C14H22N4O3S. The highest BCUT2D eigenvalue weighted by atomic mass is 32.2. The van der Waals surface area contributed by atoms with E-state index < -0.39 is 10.0 Å². The molecule has 22 heavy (non-hydrogen) atoms. The molecule has 7 nitrogen and oxygen atoms in total. The molecule has 0 spiro atoms. The topological polar surface area (TPSA) is 90.4 Å². The number of sulfonamides is 1. The van der Waals surface area contributed by atoms with Crippen molar-refractivity contribution in [1.29, 1.82) is 5.26 Å². The van der Waals surface area contributed by atoms with Crippen LogP contribution < -0.4 is 0 Å². The molecule has 1 aliphatic heterocycles. The Morgan fingerprint density at radius 2 is 1.91 bits per heavy atom. The van der Waals surface area contributed by atoms with Crippen LogP contribution in [0.3, 0.4) is 0 Å². The van der Waals surface area contributed by atoms with E-state index in [1.807, 2.05) is 0 Å². The summed E-state index contributed by atoms with van der Waals surface area (Å²) < 4.78 is 31.8. The average Bonchev–Trinajstić information content (AvgIpc) is 2.84. The zero-order chi connectivity index (χ0) is 16.2. The van der Waals surface area contributed by atoms with E-state index in [0.717, 1.165) is 32.5 Å². The first kappa shape index (κ1) is 16.9. The Bertz CT molecular complexity index is 620. The van der Waals surface area contributed by atoms with E-state index in [0.29, 0.717) is 31.0 Å². The number of piperazine rings is 1. The van der Waals surface area contributed by atoms with E-state index in [2.05, 4.69) is 16.1 Å². The van der Waals surface area contributed by atoms with E-state index in [-0.39, 0.29) is 4.90 Å². The summed E-state index contributed by atoms with van der Waals surface area (Å²) in [5.41, 5.74) is 0.413. The first-order chi connectivity index (χ1) is 10.5. The van der Waals surface area contributed by atoms with Crippen molar-refractivity contribution >= 4 is 10.0 Å². The minimum atomic E-state index is -3.53. The van der Waals surface area contributed by atoms with Crippen molar-refractivity contribution in [2.45, 2.75) is 38.0 Å². The number of aromatic nitrogens is 1. The van der Waals surface area contributed by atoms with Crippen molar-refractivity contribution in [2.24, 2.45) is 0 Å². The van der Waals surface area contributed by atoms with Crippen LogP contribution in [-0.2, 0) is 10.0 Å². The number of aryl methyl sites for hydroxylation is 2. The molecule has 1 fully saturated rings. The Morgan fingerprint density at radius 3 is 2.45 bits per heavy atom. The van der Waals surface area contributed by atoms with Crippen LogP contribution in [0.4, 0.5) is 0 Å². The summed E-state index contributed by atoms with van der Waals surface area (Å²) in [5, 5.41) is 12.2. The fourth-order valence-corrected chi connectivity index (χ4v) is 4.42. The van der Waals surface area contributed by atoms with Gasteiger partial charge in [0, 0.05) is 32.6 Å². The molecule has 0 aromatic carbocycles. The van der Waals surface area contributed by atoms with Crippen LogP contribution in [0.5, 0.6) is 0 Å². The molecule has 0 radical (unpaired) electrons. The quantitative estimate of drug-likeness (QED) is 0.732. The third-order valence-electron chi connectivity index (χ3n) is 3.91. The zero-order valence-corrected chi connectivity index (χ0v) is 13.9. The summed E-state index contributed by atoms with van der Waals surface area (Å²) >= 11 is 0. The highest BCUT2D eigenvalue weighted by Gasteiger charge is 2.33. The van der Waals surface area contributed by atoms with Gasteiger partial charge in [-0.25, -0.2) is 8.42 Å². The Balaban J connectivity index is 1.93. The van der Waals surface area contributed by atoms with E-state index in [4.69, 9.17) is 9.78 Å². The van der Waals surface area contributed by atoms with Gasteiger partial charge in [-0.05, 0) is 33.2 Å². The lowest BCUT2D eigenvalue weighted by Gasteiger charge is -2.33. The fraction of sp³-hybridized carbons (Fsp3) is 0.714. The standard InChI is InChI=1S/C14H22N4O3S/c1-12-14(13(2)21-16-12)22(19,20)18-10-8-17(9-11-18)7-5-3-4-6-15/h3-5,7-11H2,1-2H3. The van der Waals surface area contributed by atoms with Gasteiger partial charge in [0.2, 0.25) is 10.0 Å². The van der Waals surface area contributed by atoms with Crippen molar-refractivity contribution < 1.29 is 12.9 Å². The summed E-state index contributed by atoms with van der Waals surface area (Å²) in [4.78, 5) is 2.45. The maximum Gasteiger partial charge on any atom is 0.248 e. The van der Waals surface area contributed by atoms with Gasteiger partial charge in [0.05, 0.1) is 6.07 Å². The van der Waals surface area contributed by atoms with E-state index in [9.17, 15) is 8.42 Å². The lowest BCUT2D eigenvalue weighted by Crippen LogP contribution is -2.48. The number of hydrogen-bond acceptors (Lipinski definition) is 6. The van der Waals surface area contributed by atoms with Gasteiger partial charge in [-0.15, -0.1) is 0 Å². The maximum absolute atomic E-state index is 12.7. The second-order valence-corrected chi connectivity index (χ2v) is 7.39. The SMILES string of the molecule is Cc1noc(C)c1S(=O)(=O)N1CCN(CCCCC#N)CC1. The molecule has 1 aliphatic rings. The van der Waals surface area contributed by atoms with Crippen LogP contribution in [0.2, 0.25) is 0 Å². The summed E-state index contributed by atoms with van der Waals surface area (Å²) in [5.74, 6) is 0.344. The molecule has 2 heterocycles. The number of rotatable bonds is 6. The number of nitriles is 1. The summed E-state index contributed by atoms with van der Waals surface area (Å²) in [7, 11) is -3.53. The van der Waals surface area contributed by atoms with Crippen LogP contribution in [-0.4, -0.2) is 55.5 Å². The maximum atomic E-state index is 12.7. The van der Waals surface area contributed by atoms with Crippen LogP contribution in [0.15, 0.2) is 9.42 Å². The second kappa shape index (κ2) is 7.22.